The third-order valence-corrected chi connectivity index (χ3v) is 4.76. The highest BCUT2D eigenvalue weighted by molar-refractivity contribution is 7.17. The van der Waals surface area contributed by atoms with Gasteiger partial charge in [-0.15, -0.1) is 0 Å². The van der Waals surface area contributed by atoms with Crippen molar-refractivity contribution in [2.45, 2.75) is 51.5 Å². The molecule has 1 heterocycles. The van der Waals surface area contributed by atoms with Gasteiger partial charge in [-0.2, -0.15) is 0 Å². The summed E-state index contributed by atoms with van der Waals surface area (Å²) in [6.07, 6.45) is 8.29. The topological polar surface area (TPSA) is 33.2 Å². The highest BCUT2D eigenvalue weighted by Gasteiger charge is 2.35. The normalized spacial score (nSPS) is 18.9. The van der Waals surface area contributed by atoms with E-state index in [0.29, 0.717) is 6.04 Å². The molecule has 0 amide bonds. The molecule has 0 unspecified atom stereocenters. The van der Waals surface area contributed by atoms with E-state index in [1.165, 1.54) is 25.7 Å². The Morgan fingerprint density at radius 1 is 1.39 bits per heavy atom. The first-order valence-corrected chi connectivity index (χ1v) is 7.85. The molecule has 2 saturated carbocycles. The lowest BCUT2D eigenvalue weighted by Crippen LogP contribution is -2.27. The molecule has 0 saturated heterocycles. The number of carbonyl (C=O) groups is 1. The Balaban J connectivity index is 1.81. The van der Waals surface area contributed by atoms with Crippen molar-refractivity contribution in [3.63, 3.8) is 0 Å². The van der Waals surface area contributed by atoms with Crippen LogP contribution in [0.2, 0.25) is 0 Å². The van der Waals surface area contributed by atoms with Crippen LogP contribution in [0.15, 0.2) is 0 Å². The van der Waals surface area contributed by atoms with Gasteiger partial charge in [0.15, 0.2) is 11.4 Å². The molecule has 2 aliphatic rings. The van der Waals surface area contributed by atoms with Gasteiger partial charge in [0.2, 0.25) is 0 Å². The van der Waals surface area contributed by atoms with Crippen LogP contribution in [0.25, 0.3) is 0 Å². The van der Waals surface area contributed by atoms with Crippen molar-refractivity contribution in [3.05, 3.63) is 10.6 Å². The van der Waals surface area contributed by atoms with Crippen LogP contribution in [0.4, 0.5) is 5.13 Å². The van der Waals surface area contributed by atoms with Crippen molar-refractivity contribution in [2.24, 2.45) is 5.92 Å². The summed E-state index contributed by atoms with van der Waals surface area (Å²) in [4.78, 5) is 19.1. The second kappa shape index (κ2) is 5.00. The minimum absolute atomic E-state index is 0.700. The molecule has 0 bridgehead atoms. The van der Waals surface area contributed by atoms with Gasteiger partial charge < -0.3 is 4.90 Å². The highest BCUT2D eigenvalue weighted by Crippen LogP contribution is 2.39. The first-order valence-electron chi connectivity index (χ1n) is 7.03. The maximum absolute atomic E-state index is 11.1. The van der Waals surface area contributed by atoms with Crippen LogP contribution in [-0.2, 0) is 6.42 Å². The van der Waals surface area contributed by atoms with Crippen LogP contribution in [0, 0.1) is 5.92 Å². The van der Waals surface area contributed by atoms with Crippen molar-refractivity contribution in [2.75, 3.05) is 11.4 Å². The van der Waals surface area contributed by atoms with Crippen LogP contribution in [-0.4, -0.2) is 23.9 Å². The maximum Gasteiger partial charge on any atom is 0.186 e. The number of aryl methyl sites for hydroxylation is 1. The first kappa shape index (κ1) is 12.2. The van der Waals surface area contributed by atoms with Gasteiger partial charge in [0.05, 0.1) is 10.6 Å². The summed E-state index contributed by atoms with van der Waals surface area (Å²) in [5.41, 5.74) is 1.01. The summed E-state index contributed by atoms with van der Waals surface area (Å²) < 4.78 is 0. The predicted molar refractivity (Wildman–Crippen MR) is 74.6 cm³/mol. The Labute approximate surface area is 112 Å². The Hall–Kier alpha value is -0.900. The fourth-order valence-electron chi connectivity index (χ4n) is 2.33. The van der Waals surface area contributed by atoms with E-state index in [-0.39, 0.29) is 0 Å². The number of carbonyl (C=O) groups excluding carboxylic acids is 1. The van der Waals surface area contributed by atoms with Gasteiger partial charge in [0.1, 0.15) is 0 Å². The molecule has 0 N–H and O–H groups in total. The van der Waals surface area contributed by atoms with Gasteiger partial charge in [-0.1, -0.05) is 24.7 Å². The van der Waals surface area contributed by atoms with E-state index in [0.717, 1.165) is 47.3 Å². The lowest BCUT2D eigenvalue weighted by Gasteiger charge is -2.21. The number of aromatic nitrogens is 1. The molecule has 3 rings (SSSR count). The zero-order chi connectivity index (χ0) is 12.5. The average Bonchev–Trinajstić information content (AvgIpc) is 3.25. The largest absolute Gasteiger partial charge is 0.345 e. The molecule has 0 radical (unpaired) electrons. The molecule has 0 spiro atoms. The van der Waals surface area contributed by atoms with Gasteiger partial charge in [-0.25, -0.2) is 4.98 Å². The number of hydrogen-bond acceptors (Lipinski definition) is 4. The molecular formula is C14H20N2OS. The maximum atomic E-state index is 11.1. The van der Waals surface area contributed by atoms with E-state index in [2.05, 4.69) is 11.8 Å². The number of anilines is 1. The molecule has 3 nitrogen and oxygen atoms in total. The molecule has 0 atom stereocenters. The van der Waals surface area contributed by atoms with E-state index >= 15 is 0 Å². The number of rotatable bonds is 7. The zero-order valence-electron chi connectivity index (χ0n) is 10.9. The van der Waals surface area contributed by atoms with E-state index in [1.54, 1.807) is 11.3 Å². The second-order valence-corrected chi connectivity index (χ2v) is 6.51. The highest BCUT2D eigenvalue weighted by atomic mass is 32.1. The minimum atomic E-state index is 0.700. The summed E-state index contributed by atoms with van der Waals surface area (Å²) >= 11 is 1.59. The quantitative estimate of drug-likeness (QED) is 0.709. The number of aldehydes is 1. The fraction of sp³-hybridized carbons (Fsp3) is 0.714. The van der Waals surface area contributed by atoms with Gasteiger partial charge in [0, 0.05) is 12.6 Å². The Kier molecular flexibility index (Phi) is 3.37. The summed E-state index contributed by atoms with van der Waals surface area (Å²) in [6.45, 7) is 3.29. The predicted octanol–water partition coefficient (Wildman–Crippen LogP) is 3.29. The van der Waals surface area contributed by atoms with Gasteiger partial charge in [-0.05, 0) is 38.0 Å². The third kappa shape index (κ3) is 2.58. The van der Waals surface area contributed by atoms with Crippen molar-refractivity contribution in [3.8, 4) is 0 Å². The minimum Gasteiger partial charge on any atom is -0.345 e. The number of thiazole rings is 1. The molecule has 2 fully saturated rings. The monoisotopic (exact) mass is 264 g/mol. The molecule has 0 aliphatic heterocycles. The molecule has 2 aliphatic carbocycles. The Bertz CT molecular complexity index is 435. The van der Waals surface area contributed by atoms with Crippen LogP contribution in [0.1, 0.15) is 54.4 Å². The number of nitrogens with zero attached hydrogens (tertiary/aromatic N) is 2. The van der Waals surface area contributed by atoms with Gasteiger partial charge >= 0.3 is 0 Å². The van der Waals surface area contributed by atoms with Crippen molar-refractivity contribution < 1.29 is 4.79 Å². The summed E-state index contributed by atoms with van der Waals surface area (Å²) in [7, 11) is 0. The van der Waals surface area contributed by atoms with E-state index in [4.69, 9.17) is 4.98 Å². The van der Waals surface area contributed by atoms with Crippen LogP contribution < -0.4 is 4.90 Å². The van der Waals surface area contributed by atoms with Gasteiger partial charge in [0.25, 0.3) is 0 Å². The zero-order valence-corrected chi connectivity index (χ0v) is 11.7. The molecule has 4 heteroatoms. The summed E-state index contributed by atoms with van der Waals surface area (Å²) in [5, 5.41) is 1.09. The second-order valence-electron chi connectivity index (χ2n) is 5.50. The fourth-order valence-corrected chi connectivity index (χ4v) is 3.34. The Morgan fingerprint density at radius 3 is 2.72 bits per heavy atom. The van der Waals surface area contributed by atoms with E-state index in [1.807, 2.05) is 0 Å². The lowest BCUT2D eigenvalue weighted by atomic mass is 10.2. The van der Waals surface area contributed by atoms with Crippen LogP contribution in [0.3, 0.4) is 0 Å². The standard InChI is InChI=1S/C14H20N2OS/c1-2-3-12-13(9-17)18-14(15-12)16(11-6-7-11)8-10-4-5-10/h9-11H,2-8H2,1H3. The molecule has 1 aromatic rings. The van der Waals surface area contributed by atoms with Crippen molar-refractivity contribution in [1.29, 1.82) is 0 Å². The average molecular weight is 264 g/mol. The van der Waals surface area contributed by atoms with Gasteiger partial charge in [-0.3, -0.25) is 4.79 Å². The molecule has 98 valence electrons. The van der Waals surface area contributed by atoms with E-state index < -0.39 is 0 Å². The van der Waals surface area contributed by atoms with Crippen molar-refractivity contribution >= 4 is 22.8 Å². The van der Waals surface area contributed by atoms with E-state index in [9.17, 15) is 4.79 Å². The molecule has 18 heavy (non-hydrogen) atoms. The first-order chi connectivity index (χ1) is 8.81. The smallest absolute Gasteiger partial charge is 0.186 e. The van der Waals surface area contributed by atoms with Crippen molar-refractivity contribution in [1.82, 2.24) is 4.98 Å². The Morgan fingerprint density at radius 2 is 2.17 bits per heavy atom. The summed E-state index contributed by atoms with van der Waals surface area (Å²) in [5.74, 6) is 0.879. The van der Waals surface area contributed by atoms with Crippen LogP contribution >= 0.6 is 11.3 Å². The SMILES string of the molecule is CCCc1nc(N(CC2CC2)C2CC2)sc1C=O. The lowest BCUT2D eigenvalue weighted by molar-refractivity contribution is 0.112. The number of hydrogen-bond donors (Lipinski definition) is 0. The third-order valence-electron chi connectivity index (χ3n) is 3.70. The summed E-state index contributed by atoms with van der Waals surface area (Å²) in [6, 6.07) is 0.700. The molecule has 0 aromatic carbocycles. The van der Waals surface area contributed by atoms with Crippen LogP contribution in [0.5, 0.6) is 0 Å². The molecular weight excluding hydrogens is 244 g/mol. The molecule has 1 aromatic heterocycles.